The van der Waals surface area contributed by atoms with Crippen molar-refractivity contribution in [1.82, 2.24) is 25.4 Å². The minimum Gasteiger partial charge on any atom is -0.378 e. The molecule has 52 heavy (non-hydrogen) atoms. The van der Waals surface area contributed by atoms with Gasteiger partial charge in [0.2, 0.25) is 5.91 Å². The first-order valence-corrected chi connectivity index (χ1v) is 16.4. The molecule has 8 nitrogen and oxygen atoms in total. The second-order valence-electron chi connectivity index (χ2n) is 13.7. The van der Waals surface area contributed by atoms with Gasteiger partial charge in [-0.05, 0) is 92.0 Å². The van der Waals surface area contributed by atoms with Gasteiger partial charge in [0.05, 0.1) is 11.7 Å². The number of benzene rings is 2. The van der Waals surface area contributed by atoms with Gasteiger partial charge in [0, 0.05) is 35.2 Å². The number of aromatic nitrogens is 3. The number of nitrogens with one attached hydrogen (secondary N) is 2. The third kappa shape index (κ3) is 6.40. The number of pyridine rings is 1. The average Bonchev–Trinajstić information content (AvgIpc) is 3.63. The Morgan fingerprint density at radius 3 is 2.44 bits per heavy atom. The number of hydrogen-bond donors (Lipinski definition) is 3. The molecule has 0 unspecified atom stereocenters. The summed E-state index contributed by atoms with van der Waals surface area (Å²) in [5.74, 6) is -3.86. The highest BCUT2D eigenvalue weighted by atomic mass is 19.4. The molecule has 3 N–H and O–H groups in total. The Kier molecular flexibility index (Phi) is 8.44. The fraction of sp³-hybridized carbons (Fsp3) is 0.351. The molecule has 3 aliphatic rings. The van der Waals surface area contributed by atoms with Crippen molar-refractivity contribution in [1.29, 1.82) is 0 Å². The maximum Gasteiger partial charge on any atom is 0.435 e. The minimum atomic E-state index is -5.05. The van der Waals surface area contributed by atoms with Crippen LogP contribution in [-0.2, 0) is 36.4 Å². The summed E-state index contributed by atoms with van der Waals surface area (Å²) in [4.78, 5) is 31.0. The predicted molar refractivity (Wildman–Crippen MR) is 172 cm³/mol. The SMILES string of the molecule is CC(C)(O)C#Cc1ccc(-c2cccc3c2CNC3=O)c([C@H](Cc2cc(F)cc(F)c2)NC(=O)Cn2nc(C(F)(F)F)c3c2C(F)(F)[C@@H]2CC[C@H]32)n1. The highest BCUT2D eigenvalue weighted by Crippen LogP contribution is 2.64. The summed E-state index contributed by atoms with van der Waals surface area (Å²) in [5.41, 5.74) is -2.34. The van der Waals surface area contributed by atoms with Crippen LogP contribution in [0.3, 0.4) is 0 Å². The van der Waals surface area contributed by atoms with Gasteiger partial charge < -0.3 is 15.7 Å². The van der Waals surface area contributed by atoms with Gasteiger partial charge in [-0.25, -0.2) is 13.8 Å². The summed E-state index contributed by atoms with van der Waals surface area (Å²) in [7, 11) is 0. The van der Waals surface area contributed by atoms with Crippen LogP contribution in [0.1, 0.15) is 88.5 Å². The van der Waals surface area contributed by atoms with E-state index in [0.29, 0.717) is 33.0 Å². The number of hydrogen-bond acceptors (Lipinski definition) is 5. The van der Waals surface area contributed by atoms with E-state index in [2.05, 4.69) is 32.6 Å². The van der Waals surface area contributed by atoms with Crippen molar-refractivity contribution in [3.63, 3.8) is 0 Å². The Bertz CT molecular complexity index is 2180. The zero-order valence-electron chi connectivity index (χ0n) is 27.6. The molecular formula is C37H30F7N5O3. The van der Waals surface area contributed by atoms with E-state index in [-0.39, 0.29) is 48.7 Å². The van der Waals surface area contributed by atoms with E-state index in [1.165, 1.54) is 19.9 Å². The lowest BCUT2D eigenvalue weighted by atomic mass is 9.73. The van der Waals surface area contributed by atoms with Crippen LogP contribution in [0.5, 0.6) is 0 Å². The molecule has 2 aromatic heterocycles. The van der Waals surface area contributed by atoms with E-state index in [1.54, 1.807) is 24.3 Å². The largest absolute Gasteiger partial charge is 0.435 e. The maximum absolute atomic E-state index is 15.5. The number of amides is 2. The first kappa shape index (κ1) is 35.2. The van der Waals surface area contributed by atoms with Crippen molar-refractivity contribution in [2.24, 2.45) is 5.92 Å². The lowest BCUT2D eigenvalue weighted by Crippen LogP contribution is -2.36. The number of nitrogens with zero attached hydrogens (tertiary/aromatic N) is 3. The minimum absolute atomic E-state index is 0.0214. The monoisotopic (exact) mass is 725 g/mol. The molecule has 3 atom stereocenters. The average molecular weight is 726 g/mol. The van der Waals surface area contributed by atoms with Crippen LogP contribution < -0.4 is 10.6 Å². The molecule has 270 valence electrons. The van der Waals surface area contributed by atoms with Gasteiger partial charge in [-0.3, -0.25) is 14.3 Å². The maximum atomic E-state index is 15.5. The Morgan fingerprint density at radius 1 is 1.08 bits per heavy atom. The third-order valence-electron chi connectivity index (χ3n) is 9.56. The van der Waals surface area contributed by atoms with Crippen molar-refractivity contribution in [3.8, 4) is 23.0 Å². The van der Waals surface area contributed by atoms with Gasteiger partial charge in [-0.1, -0.05) is 18.1 Å². The summed E-state index contributed by atoms with van der Waals surface area (Å²) < 4.78 is 102. The summed E-state index contributed by atoms with van der Waals surface area (Å²) in [6.07, 6.45) is -5.22. The van der Waals surface area contributed by atoms with Gasteiger partial charge in [-0.2, -0.15) is 27.1 Å². The second-order valence-corrected chi connectivity index (χ2v) is 13.7. The molecular weight excluding hydrogens is 695 g/mol. The van der Waals surface area contributed by atoms with Gasteiger partial charge >= 0.3 is 6.18 Å². The molecule has 0 radical (unpaired) electrons. The van der Waals surface area contributed by atoms with Crippen molar-refractivity contribution in [2.75, 3.05) is 0 Å². The standard InChI is InChI=1S/C37H30F7N5O3/c1-35(2,52)11-10-21-6-7-23(22-4-3-5-24-26(22)16-45-34(24)51)31(46-21)28(14-18-12-19(38)15-20(39)13-18)47-29(50)17-49-33-30(32(48-49)37(42,43)44)25-8-9-27(25)36(33,40)41/h3-7,12-13,15,25,27-28,52H,8-9,14,16-17H2,1-2H3,(H,45,51)(H,47,50)/t25-,27+,28-/m0/s1. The van der Waals surface area contributed by atoms with Crippen LogP contribution in [0.4, 0.5) is 30.7 Å². The van der Waals surface area contributed by atoms with Crippen molar-refractivity contribution in [2.45, 2.75) is 75.9 Å². The smallest absolute Gasteiger partial charge is 0.378 e. The third-order valence-corrected chi connectivity index (χ3v) is 9.56. The zero-order valence-corrected chi connectivity index (χ0v) is 27.6. The van der Waals surface area contributed by atoms with Gasteiger partial charge in [-0.15, -0.1) is 0 Å². The van der Waals surface area contributed by atoms with E-state index in [1.807, 2.05) is 0 Å². The number of rotatable bonds is 7. The van der Waals surface area contributed by atoms with E-state index in [0.717, 1.165) is 12.1 Å². The predicted octanol–water partition coefficient (Wildman–Crippen LogP) is 6.31. The quantitative estimate of drug-likeness (QED) is 0.153. The zero-order chi connectivity index (χ0) is 37.3. The normalized spacial score (nSPS) is 19.1. The van der Waals surface area contributed by atoms with Gasteiger partial charge in [0.25, 0.3) is 11.8 Å². The molecule has 1 fully saturated rings. The van der Waals surface area contributed by atoms with Crippen molar-refractivity contribution >= 4 is 11.8 Å². The molecule has 3 heterocycles. The Balaban J connectivity index is 1.34. The number of fused-ring (bicyclic) bond motifs is 4. The fourth-order valence-corrected chi connectivity index (χ4v) is 7.28. The molecule has 2 aromatic carbocycles. The molecule has 1 saturated carbocycles. The number of alkyl halides is 5. The summed E-state index contributed by atoms with van der Waals surface area (Å²) in [6, 6.07) is 9.49. The first-order chi connectivity index (χ1) is 24.4. The molecule has 4 aromatic rings. The highest BCUT2D eigenvalue weighted by molar-refractivity contribution is 6.00. The van der Waals surface area contributed by atoms with Crippen LogP contribution in [0.2, 0.25) is 0 Å². The van der Waals surface area contributed by atoms with Crippen molar-refractivity contribution in [3.05, 3.63) is 105 Å². The number of carbonyl (C=O) groups excluding carboxylic acids is 2. The van der Waals surface area contributed by atoms with Crippen LogP contribution in [0, 0.1) is 29.4 Å². The van der Waals surface area contributed by atoms with E-state index < -0.39 is 76.6 Å². The van der Waals surface area contributed by atoms with E-state index >= 15 is 8.78 Å². The number of halogens is 7. The molecule has 15 heteroatoms. The molecule has 2 aliphatic carbocycles. The van der Waals surface area contributed by atoms with Crippen LogP contribution >= 0.6 is 0 Å². The van der Waals surface area contributed by atoms with Gasteiger partial charge in [0.15, 0.2) is 5.69 Å². The summed E-state index contributed by atoms with van der Waals surface area (Å²) in [5, 5.41) is 19.1. The van der Waals surface area contributed by atoms with Crippen LogP contribution in [0.15, 0.2) is 48.5 Å². The summed E-state index contributed by atoms with van der Waals surface area (Å²) in [6.45, 7) is 2.00. The van der Waals surface area contributed by atoms with Gasteiger partial charge in [0.1, 0.15) is 35.2 Å². The molecule has 0 bridgehead atoms. The molecule has 1 aliphatic heterocycles. The van der Waals surface area contributed by atoms with Crippen molar-refractivity contribution < 1.29 is 45.4 Å². The van der Waals surface area contributed by atoms with Crippen LogP contribution in [0.25, 0.3) is 11.1 Å². The first-order valence-electron chi connectivity index (χ1n) is 16.4. The molecule has 7 rings (SSSR count). The molecule has 2 amide bonds. The number of carbonyl (C=O) groups is 2. The van der Waals surface area contributed by atoms with E-state index in [9.17, 15) is 36.6 Å². The number of aliphatic hydroxyl groups is 1. The lowest BCUT2D eigenvalue weighted by Gasteiger charge is -2.34. The lowest BCUT2D eigenvalue weighted by molar-refractivity contribution is -0.144. The Morgan fingerprint density at radius 2 is 1.79 bits per heavy atom. The molecule has 0 spiro atoms. The topological polar surface area (TPSA) is 109 Å². The highest BCUT2D eigenvalue weighted by Gasteiger charge is 2.63. The molecule has 0 saturated heterocycles. The summed E-state index contributed by atoms with van der Waals surface area (Å²) >= 11 is 0. The fourth-order valence-electron chi connectivity index (χ4n) is 7.28. The second kappa shape index (κ2) is 12.5. The Labute approximate surface area is 292 Å². The van der Waals surface area contributed by atoms with E-state index in [4.69, 9.17) is 0 Å². The van der Waals surface area contributed by atoms with Crippen LogP contribution in [-0.4, -0.2) is 37.3 Å². The Hall–Kier alpha value is -5.23.